The zero-order valence-electron chi connectivity index (χ0n) is 15.2. The molecule has 3 atom stereocenters. The molecule has 0 bridgehead atoms. The SMILES string of the molecule is C=C[C@@]12CN(S(=O)(=O)c3ccc(C)cc3)[C@](C)(C(=O)OC)C[C@]1(C)C2. The summed E-state index contributed by atoms with van der Waals surface area (Å²) in [5.74, 6) is -0.519. The summed E-state index contributed by atoms with van der Waals surface area (Å²) >= 11 is 0. The summed E-state index contributed by atoms with van der Waals surface area (Å²) in [6.45, 7) is 9.82. The number of rotatable bonds is 4. The number of sulfonamides is 1. The number of carbonyl (C=O) groups is 1. The maximum absolute atomic E-state index is 13.3. The average molecular weight is 363 g/mol. The molecule has 6 heteroatoms. The number of aryl methyl sites for hydroxylation is 1. The van der Waals surface area contributed by atoms with Crippen LogP contribution >= 0.6 is 0 Å². The maximum atomic E-state index is 13.3. The van der Waals surface area contributed by atoms with E-state index in [1.54, 1.807) is 31.2 Å². The third kappa shape index (κ3) is 2.46. The normalized spacial score (nSPS) is 34.9. The fraction of sp³-hybridized carbons (Fsp3) is 0.526. The second-order valence-corrected chi connectivity index (χ2v) is 9.73. The predicted molar refractivity (Wildman–Crippen MR) is 95.5 cm³/mol. The molecule has 1 saturated carbocycles. The van der Waals surface area contributed by atoms with E-state index in [0.29, 0.717) is 6.42 Å². The van der Waals surface area contributed by atoms with Crippen LogP contribution in [0.25, 0.3) is 0 Å². The fourth-order valence-corrected chi connectivity index (χ4v) is 6.19. The van der Waals surface area contributed by atoms with Crippen LogP contribution in [0.1, 0.15) is 32.3 Å². The summed E-state index contributed by atoms with van der Waals surface area (Å²) < 4.78 is 33.0. The van der Waals surface area contributed by atoms with Gasteiger partial charge in [-0.3, -0.25) is 4.79 Å². The lowest BCUT2D eigenvalue weighted by molar-refractivity contribution is -0.154. The van der Waals surface area contributed by atoms with E-state index in [4.69, 9.17) is 4.74 Å². The van der Waals surface area contributed by atoms with Crippen molar-refractivity contribution >= 4 is 16.0 Å². The van der Waals surface area contributed by atoms with Crippen molar-refractivity contribution in [1.82, 2.24) is 4.31 Å². The number of hydrogen-bond donors (Lipinski definition) is 0. The van der Waals surface area contributed by atoms with Gasteiger partial charge in [0.15, 0.2) is 0 Å². The Morgan fingerprint density at radius 2 is 1.84 bits per heavy atom. The molecule has 25 heavy (non-hydrogen) atoms. The number of methoxy groups -OCH3 is 1. The van der Waals surface area contributed by atoms with Crippen LogP contribution in [0.3, 0.4) is 0 Å². The van der Waals surface area contributed by atoms with Crippen molar-refractivity contribution in [2.45, 2.75) is 44.0 Å². The van der Waals surface area contributed by atoms with Crippen molar-refractivity contribution in [1.29, 1.82) is 0 Å². The van der Waals surface area contributed by atoms with E-state index in [1.807, 2.05) is 13.0 Å². The molecule has 0 aromatic heterocycles. The lowest BCUT2D eigenvalue weighted by Crippen LogP contribution is -2.61. The Kier molecular flexibility index (Phi) is 3.93. The number of fused-ring (bicyclic) bond motifs is 1. The number of carbonyl (C=O) groups excluding carboxylic acids is 1. The molecular weight excluding hydrogens is 338 g/mol. The van der Waals surface area contributed by atoms with Crippen LogP contribution in [0, 0.1) is 17.8 Å². The van der Waals surface area contributed by atoms with E-state index < -0.39 is 21.5 Å². The van der Waals surface area contributed by atoms with Gasteiger partial charge in [0.1, 0.15) is 5.54 Å². The Hall–Kier alpha value is -1.66. The highest BCUT2D eigenvalue weighted by Crippen LogP contribution is 2.71. The number of nitrogens with zero attached hydrogens (tertiary/aromatic N) is 1. The van der Waals surface area contributed by atoms with Crippen molar-refractivity contribution < 1.29 is 17.9 Å². The van der Waals surface area contributed by atoms with Crippen molar-refractivity contribution in [3.63, 3.8) is 0 Å². The predicted octanol–water partition coefficient (Wildman–Crippen LogP) is 2.90. The molecule has 2 fully saturated rings. The molecule has 3 rings (SSSR count). The van der Waals surface area contributed by atoms with Gasteiger partial charge in [-0.1, -0.05) is 30.7 Å². The van der Waals surface area contributed by atoms with Gasteiger partial charge in [0.25, 0.3) is 0 Å². The monoisotopic (exact) mass is 363 g/mol. The molecular formula is C19H25NO4S. The first-order valence-corrected chi connectivity index (χ1v) is 9.80. The number of piperidine rings is 1. The van der Waals surface area contributed by atoms with Gasteiger partial charge in [-0.25, -0.2) is 8.42 Å². The quantitative estimate of drug-likeness (QED) is 0.609. The van der Waals surface area contributed by atoms with Crippen molar-refractivity contribution in [2.24, 2.45) is 10.8 Å². The third-order valence-electron chi connectivity index (χ3n) is 6.12. The van der Waals surface area contributed by atoms with Crippen molar-refractivity contribution in [3.05, 3.63) is 42.5 Å². The molecule has 1 aromatic carbocycles. The Balaban J connectivity index is 2.11. The van der Waals surface area contributed by atoms with Crippen LogP contribution in [-0.2, 0) is 19.6 Å². The zero-order valence-corrected chi connectivity index (χ0v) is 16.0. The summed E-state index contributed by atoms with van der Waals surface area (Å²) in [5.41, 5.74) is -0.656. The zero-order chi connectivity index (χ0) is 18.7. The topological polar surface area (TPSA) is 63.7 Å². The summed E-state index contributed by atoms with van der Waals surface area (Å²) in [6.07, 6.45) is 3.10. The molecule has 136 valence electrons. The van der Waals surface area contributed by atoms with Gasteiger partial charge < -0.3 is 4.74 Å². The van der Waals surface area contributed by atoms with Gasteiger partial charge in [-0.15, -0.1) is 6.58 Å². The third-order valence-corrected chi connectivity index (χ3v) is 8.10. The maximum Gasteiger partial charge on any atom is 0.327 e. The fourth-order valence-electron chi connectivity index (χ4n) is 4.38. The van der Waals surface area contributed by atoms with Gasteiger partial charge >= 0.3 is 5.97 Å². The molecule has 1 heterocycles. The standard InChI is InChI=1S/C19H25NO4S/c1-6-19-12-17(19,3)11-18(4,16(21)24-5)20(13-19)25(22,23)15-9-7-14(2)8-10-15/h6-10H,1,11-13H2,2-5H3/t17-,18+,19-/m1/s1. The lowest BCUT2D eigenvalue weighted by atomic mass is 9.78. The molecule has 2 aliphatic rings. The minimum Gasteiger partial charge on any atom is -0.468 e. The van der Waals surface area contributed by atoms with Crippen LogP contribution in [0.2, 0.25) is 0 Å². The number of esters is 1. The Morgan fingerprint density at radius 1 is 1.24 bits per heavy atom. The van der Waals surface area contributed by atoms with Gasteiger partial charge in [0.05, 0.1) is 12.0 Å². The molecule has 1 saturated heterocycles. The molecule has 0 N–H and O–H groups in total. The lowest BCUT2D eigenvalue weighted by Gasteiger charge is -2.46. The largest absolute Gasteiger partial charge is 0.468 e. The minimum absolute atomic E-state index is 0.128. The summed E-state index contributed by atoms with van der Waals surface area (Å²) in [6, 6.07) is 6.70. The Bertz CT molecular complexity index is 831. The molecule has 5 nitrogen and oxygen atoms in total. The Labute approximate surface area is 149 Å². The molecule has 0 unspecified atom stereocenters. The highest BCUT2D eigenvalue weighted by Gasteiger charge is 2.72. The summed E-state index contributed by atoms with van der Waals surface area (Å²) in [4.78, 5) is 12.8. The minimum atomic E-state index is -3.84. The highest BCUT2D eigenvalue weighted by atomic mass is 32.2. The van der Waals surface area contributed by atoms with Gasteiger partial charge in [0.2, 0.25) is 10.0 Å². The van der Waals surface area contributed by atoms with Crippen LogP contribution in [0.5, 0.6) is 0 Å². The van der Waals surface area contributed by atoms with Crippen LogP contribution in [-0.4, -0.2) is 37.9 Å². The summed E-state index contributed by atoms with van der Waals surface area (Å²) in [7, 11) is -2.54. The second kappa shape index (κ2) is 5.42. The van der Waals surface area contributed by atoms with E-state index in [0.717, 1.165) is 12.0 Å². The van der Waals surface area contributed by atoms with Gasteiger partial charge in [-0.2, -0.15) is 4.31 Å². The van der Waals surface area contributed by atoms with Crippen LogP contribution < -0.4 is 0 Å². The second-order valence-electron chi connectivity index (χ2n) is 7.86. The first kappa shape index (κ1) is 18.1. The Morgan fingerprint density at radius 3 is 2.36 bits per heavy atom. The van der Waals surface area contributed by atoms with Crippen LogP contribution in [0.4, 0.5) is 0 Å². The number of benzene rings is 1. The van der Waals surface area contributed by atoms with E-state index >= 15 is 0 Å². The molecule has 0 radical (unpaired) electrons. The van der Waals surface area contributed by atoms with Crippen LogP contribution in [0.15, 0.2) is 41.8 Å². The average Bonchev–Trinajstić information content (AvgIpc) is 3.17. The summed E-state index contributed by atoms with van der Waals surface area (Å²) in [5, 5.41) is 0. The number of hydrogen-bond acceptors (Lipinski definition) is 4. The molecule has 1 aromatic rings. The molecule has 1 aliphatic heterocycles. The smallest absolute Gasteiger partial charge is 0.327 e. The highest BCUT2D eigenvalue weighted by molar-refractivity contribution is 7.89. The van der Waals surface area contributed by atoms with Crippen molar-refractivity contribution in [2.75, 3.05) is 13.7 Å². The van der Waals surface area contributed by atoms with Gasteiger partial charge in [0, 0.05) is 12.0 Å². The van der Waals surface area contributed by atoms with Gasteiger partial charge in [-0.05, 0) is 44.2 Å². The first-order chi connectivity index (χ1) is 11.5. The van der Waals surface area contributed by atoms with E-state index in [1.165, 1.54) is 11.4 Å². The molecule has 0 spiro atoms. The first-order valence-electron chi connectivity index (χ1n) is 8.36. The van der Waals surface area contributed by atoms with Crippen molar-refractivity contribution in [3.8, 4) is 0 Å². The van der Waals surface area contributed by atoms with E-state index in [2.05, 4.69) is 13.5 Å². The van der Waals surface area contributed by atoms with E-state index in [-0.39, 0.29) is 22.3 Å². The van der Waals surface area contributed by atoms with E-state index in [9.17, 15) is 13.2 Å². The molecule has 1 aliphatic carbocycles. The molecule has 0 amide bonds. The number of ether oxygens (including phenoxy) is 1.